The number of ether oxygens (including phenoxy) is 1. The van der Waals surface area contributed by atoms with Crippen LogP contribution in [0.4, 0.5) is 4.79 Å². The van der Waals surface area contributed by atoms with E-state index in [4.69, 9.17) is 4.74 Å². The van der Waals surface area contributed by atoms with Gasteiger partial charge >= 0.3 is 6.09 Å². The largest absolute Gasteiger partial charge is 0.445 e. The van der Waals surface area contributed by atoms with Crippen molar-refractivity contribution in [2.75, 3.05) is 0 Å². The molecule has 0 aliphatic rings. The highest BCUT2D eigenvalue weighted by atomic mass is 16.5. The van der Waals surface area contributed by atoms with Gasteiger partial charge in [-0.2, -0.15) is 0 Å². The summed E-state index contributed by atoms with van der Waals surface area (Å²) in [6.07, 6.45) is 3.66. The van der Waals surface area contributed by atoms with Crippen LogP contribution in [-0.4, -0.2) is 86.7 Å². The molecule has 0 saturated carbocycles. The molecule has 4 rings (SSSR count). The number of carbonyl (C=O) groups is 7. The van der Waals surface area contributed by atoms with E-state index in [9.17, 15) is 33.6 Å². The molecule has 17 heteroatoms. The highest BCUT2D eigenvalue weighted by Gasteiger charge is 2.34. The van der Waals surface area contributed by atoms with Crippen LogP contribution >= 0.6 is 0 Å². The number of nitrogens with one attached hydrogen (secondary N) is 7. The van der Waals surface area contributed by atoms with Gasteiger partial charge in [-0.15, -0.1) is 0 Å². The third-order valence-corrected chi connectivity index (χ3v) is 9.39. The van der Waals surface area contributed by atoms with Crippen LogP contribution in [0.5, 0.6) is 0 Å². The maximum Gasteiger partial charge on any atom is 0.408 e. The number of alkyl carbamates (subject to hydrolysis) is 1. The zero-order valence-corrected chi connectivity index (χ0v) is 35.0. The molecule has 4 aromatic rings. The molecule has 2 aromatic heterocycles. The molecule has 0 radical (unpaired) electrons. The minimum Gasteiger partial charge on any atom is -0.445 e. The zero-order chi connectivity index (χ0) is 44.3. The molecule has 324 valence electrons. The quantitative estimate of drug-likeness (QED) is 0.0647. The predicted octanol–water partition coefficient (Wildman–Crippen LogP) is 2.43. The molecule has 0 aliphatic heterocycles. The van der Waals surface area contributed by atoms with Crippen molar-refractivity contribution in [1.82, 2.24) is 46.9 Å². The van der Waals surface area contributed by atoms with E-state index in [-0.39, 0.29) is 38.2 Å². The van der Waals surface area contributed by atoms with Crippen molar-refractivity contribution in [3.05, 3.63) is 120 Å². The number of hydrogen-bond acceptors (Lipinski definition) is 10. The van der Waals surface area contributed by atoms with E-state index in [1.165, 1.54) is 25.6 Å². The van der Waals surface area contributed by atoms with Crippen molar-refractivity contribution in [3.8, 4) is 0 Å². The minimum absolute atomic E-state index is 0.0293. The molecule has 0 spiro atoms. The number of imidazole rings is 1. The maximum atomic E-state index is 14.1. The van der Waals surface area contributed by atoms with Gasteiger partial charge in [0.1, 0.15) is 36.8 Å². The summed E-state index contributed by atoms with van der Waals surface area (Å²) in [5.74, 6) is -4.64. The van der Waals surface area contributed by atoms with Gasteiger partial charge in [-0.1, -0.05) is 94.4 Å². The number of aromatic nitrogens is 3. The topological polar surface area (TPSA) is 242 Å². The summed E-state index contributed by atoms with van der Waals surface area (Å²) < 4.78 is 5.40. The number of aromatic amines is 1. The van der Waals surface area contributed by atoms with E-state index in [1.54, 1.807) is 68.4 Å². The smallest absolute Gasteiger partial charge is 0.408 e. The molecule has 0 unspecified atom stereocenters. The predicted molar refractivity (Wildman–Crippen MR) is 225 cm³/mol. The summed E-state index contributed by atoms with van der Waals surface area (Å²) in [4.78, 5) is 105. The molecule has 2 heterocycles. The average Bonchev–Trinajstić information content (AvgIpc) is 3.75. The molecule has 0 bridgehead atoms. The van der Waals surface area contributed by atoms with E-state index < -0.39 is 77.7 Å². The van der Waals surface area contributed by atoms with Crippen LogP contribution in [0.15, 0.2) is 97.6 Å². The van der Waals surface area contributed by atoms with Crippen LogP contribution in [-0.2, 0) is 59.4 Å². The summed E-state index contributed by atoms with van der Waals surface area (Å²) in [5, 5.41) is 15.7. The standard InChI is InChI=1S/C44H55N9O8/c1-27(2)20-34(42(58)53-38(28(3)4)43(59)48-29(5)39(55)52-37(54)23-32-18-12-13-19-46-32)49-41(57)36(22-33-24-45-26-47-33)50-40(56)35(21-30-14-8-6-9-15-30)51-44(60)61-25-31-16-10-7-11-17-31/h6-19,24,26-29,34-36,38H,20-23,25H2,1-5H3,(H,45,47)(H,48,59)(H,49,57)(H,50,56)(H,51,60)(H,53,58)(H,52,54,55)/t29-,34-,35-,36-,38-/m0/s1. The highest BCUT2D eigenvalue weighted by molar-refractivity contribution is 6.00. The second kappa shape index (κ2) is 23.6. The van der Waals surface area contributed by atoms with Gasteiger partial charge in [0.05, 0.1) is 12.7 Å². The van der Waals surface area contributed by atoms with Gasteiger partial charge in [0.2, 0.25) is 35.4 Å². The van der Waals surface area contributed by atoms with Crippen molar-refractivity contribution in [2.45, 2.75) is 97.1 Å². The molecule has 7 amide bonds. The fourth-order valence-electron chi connectivity index (χ4n) is 6.15. The van der Waals surface area contributed by atoms with Crippen molar-refractivity contribution in [2.24, 2.45) is 11.8 Å². The summed E-state index contributed by atoms with van der Waals surface area (Å²) in [5.41, 5.74) is 2.46. The summed E-state index contributed by atoms with van der Waals surface area (Å²) in [6, 6.07) is 17.3. The lowest BCUT2D eigenvalue weighted by atomic mass is 9.99. The number of nitrogens with zero attached hydrogens (tertiary/aromatic N) is 2. The zero-order valence-electron chi connectivity index (χ0n) is 35.0. The monoisotopic (exact) mass is 837 g/mol. The number of H-pyrrole nitrogens is 1. The second-order valence-corrected chi connectivity index (χ2v) is 15.4. The highest BCUT2D eigenvalue weighted by Crippen LogP contribution is 2.11. The number of benzene rings is 2. The summed E-state index contributed by atoms with van der Waals surface area (Å²) >= 11 is 0. The van der Waals surface area contributed by atoms with E-state index in [0.29, 0.717) is 11.4 Å². The minimum atomic E-state index is -1.25. The van der Waals surface area contributed by atoms with E-state index in [2.05, 4.69) is 46.9 Å². The van der Waals surface area contributed by atoms with E-state index >= 15 is 0 Å². The Morgan fingerprint density at radius 3 is 1.84 bits per heavy atom. The van der Waals surface area contributed by atoms with Crippen LogP contribution in [0.25, 0.3) is 0 Å². The number of carbonyl (C=O) groups excluding carboxylic acids is 7. The van der Waals surface area contributed by atoms with Crippen LogP contribution in [0.2, 0.25) is 0 Å². The van der Waals surface area contributed by atoms with Gasteiger partial charge in [-0.25, -0.2) is 9.78 Å². The lowest BCUT2D eigenvalue weighted by molar-refractivity contribution is -0.136. The number of amides is 7. The lowest BCUT2D eigenvalue weighted by Crippen LogP contribution is -2.60. The van der Waals surface area contributed by atoms with Crippen LogP contribution in [0, 0.1) is 11.8 Å². The van der Waals surface area contributed by atoms with Crippen molar-refractivity contribution in [1.29, 1.82) is 0 Å². The molecular weight excluding hydrogens is 783 g/mol. The number of imide groups is 1. The Hall–Kier alpha value is -6.91. The molecule has 5 atom stereocenters. The van der Waals surface area contributed by atoms with Crippen LogP contribution in [0.3, 0.4) is 0 Å². The summed E-state index contributed by atoms with van der Waals surface area (Å²) in [7, 11) is 0. The molecule has 17 nitrogen and oxygen atoms in total. The number of rotatable bonds is 21. The van der Waals surface area contributed by atoms with Gasteiger partial charge in [0, 0.05) is 36.6 Å². The fraction of sp³-hybridized carbons (Fsp3) is 0.386. The van der Waals surface area contributed by atoms with Crippen LogP contribution in [0.1, 0.15) is 63.6 Å². The molecule has 2 aromatic carbocycles. The maximum absolute atomic E-state index is 14.1. The first-order valence-corrected chi connectivity index (χ1v) is 20.1. The summed E-state index contributed by atoms with van der Waals surface area (Å²) in [6.45, 7) is 8.50. The first-order valence-electron chi connectivity index (χ1n) is 20.1. The second-order valence-electron chi connectivity index (χ2n) is 15.4. The van der Waals surface area contributed by atoms with Crippen LogP contribution < -0.4 is 31.9 Å². The van der Waals surface area contributed by atoms with Gasteiger partial charge < -0.3 is 36.3 Å². The normalized spacial score (nSPS) is 13.4. The Kier molecular flexibility index (Phi) is 18.1. The molecule has 0 fully saturated rings. The third-order valence-electron chi connectivity index (χ3n) is 9.39. The molecule has 0 aliphatic carbocycles. The first kappa shape index (κ1) is 46.8. The molecule has 61 heavy (non-hydrogen) atoms. The Bertz CT molecular complexity index is 2050. The average molecular weight is 838 g/mol. The van der Waals surface area contributed by atoms with Gasteiger partial charge in [0.15, 0.2) is 0 Å². The third kappa shape index (κ3) is 16.0. The molecule has 0 saturated heterocycles. The van der Waals surface area contributed by atoms with E-state index in [0.717, 1.165) is 11.1 Å². The molecule has 7 N–H and O–H groups in total. The Morgan fingerprint density at radius 2 is 1.25 bits per heavy atom. The van der Waals surface area contributed by atoms with Gasteiger partial charge in [0.25, 0.3) is 0 Å². The van der Waals surface area contributed by atoms with Crippen molar-refractivity contribution < 1.29 is 38.3 Å². The Balaban J connectivity index is 1.46. The Labute approximate surface area is 355 Å². The SMILES string of the molecule is CC(C)C[C@H](NC(=O)[C@H](Cc1cnc[nH]1)NC(=O)[C@H](Cc1ccccc1)NC(=O)OCc1ccccc1)C(=O)N[C@H](C(=O)N[C@@H](C)C(=O)NC(=O)Cc1ccccn1)C(C)C. The van der Waals surface area contributed by atoms with Gasteiger partial charge in [-0.05, 0) is 48.4 Å². The fourth-order valence-corrected chi connectivity index (χ4v) is 6.15. The van der Waals surface area contributed by atoms with Gasteiger partial charge in [-0.3, -0.25) is 39.1 Å². The molecular formula is C44H55N9O8. The lowest BCUT2D eigenvalue weighted by Gasteiger charge is -2.28. The number of pyridine rings is 1. The Morgan fingerprint density at radius 1 is 0.639 bits per heavy atom. The first-order chi connectivity index (χ1) is 29.2. The van der Waals surface area contributed by atoms with Crippen molar-refractivity contribution >= 4 is 41.5 Å². The number of hydrogen-bond donors (Lipinski definition) is 7. The van der Waals surface area contributed by atoms with E-state index in [1.807, 2.05) is 38.1 Å². The van der Waals surface area contributed by atoms with Crippen molar-refractivity contribution in [3.63, 3.8) is 0 Å².